The quantitative estimate of drug-likeness (QED) is 0.281. The van der Waals surface area contributed by atoms with E-state index >= 15 is 0 Å². The summed E-state index contributed by atoms with van der Waals surface area (Å²) in [6, 6.07) is 5.89. The predicted molar refractivity (Wildman–Crippen MR) is 126 cm³/mol. The van der Waals surface area contributed by atoms with E-state index in [1.54, 1.807) is 36.1 Å². The van der Waals surface area contributed by atoms with E-state index in [1.165, 1.54) is 11.8 Å². The highest BCUT2D eigenvalue weighted by Crippen LogP contribution is 2.23. The number of carbonyl (C=O) groups excluding carboxylic acids is 3. The lowest BCUT2D eigenvalue weighted by Gasteiger charge is -2.37. The first-order valence-electron chi connectivity index (χ1n) is 11.5. The van der Waals surface area contributed by atoms with Crippen molar-refractivity contribution in [3.63, 3.8) is 0 Å². The van der Waals surface area contributed by atoms with Gasteiger partial charge in [-0.25, -0.2) is 4.79 Å². The van der Waals surface area contributed by atoms with E-state index < -0.39 is 30.0 Å². The maximum atomic E-state index is 12.4. The molecule has 2 heterocycles. The highest BCUT2D eigenvalue weighted by Gasteiger charge is 2.36. The van der Waals surface area contributed by atoms with Gasteiger partial charge in [-0.3, -0.25) is 29.1 Å². The highest BCUT2D eigenvalue weighted by molar-refractivity contribution is 6.04. The van der Waals surface area contributed by atoms with E-state index in [4.69, 9.17) is 15.2 Å². The van der Waals surface area contributed by atoms with Gasteiger partial charge in [0.25, 0.3) is 0 Å². The summed E-state index contributed by atoms with van der Waals surface area (Å²) in [6.45, 7) is 6.22. The van der Waals surface area contributed by atoms with Crippen LogP contribution in [0.15, 0.2) is 29.3 Å². The van der Waals surface area contributed by atoms with E-state index in [-0.39, 0.29) is 25.0 Å². The summed E-state index contributed by atoms with van der Waals surface area (Å²) in [5.41, 5.74) is 7.02. The molecule has 2 fully saturated rings. The van der Waals surface area contributed by atoms with Gasteiger partial charge >= 0.3 is 18.0 Å². The van der Waals surface area contributed by atoms with Gasteiger partial charge in [-0.15, -0.1) is 0 Å². The van der Waals surface area contributed by atoms with E-state index in [9.17, 15) is 24.3 Å². The third-order valence-electron chi connectivity index (χ3n) is 5.89. The van der Waals surface area contributed by atoms with Crippen molar-refractivity contribution >= 4 is 35.5 Å². The summed E-state index contributed by atoms with van der Waals surface area (Å²) in [4.78, 5) is 56.1. The van der Waals surface area contributed by atoms with Crippen molar-refractivity contribution in [2.45, 2.75) is 32.4 Å². The second-order valence-corrected chi connectivity index (χ2v) is 8.38. The summed E-state index contributed by atoms with van der Waals surface area (Å²) in [6.07, 6.45) is -0.983. The Morgan fingerprint density at radius 3 is 2.43 bits per heavy atom. The van der Waals surface area contributed by atoms with Crippen molar-refractivity contribution in [1.82, 2.24) is 9.80 Å². The number of carboxylic acids is 1. The van der Waals surface area contributed by atoms with Crippen LogP contribution in [0.2, 0.25) is 0 Å². The number of hydrogen-bond donors (Lipinski definition) is 2. The van der Waals surface area contributed by atoms with Crippen LogP contribution in [-0.4, -0.2) is 103 Å². The number of cyclic esters (lactones) is 1. The normalized spacial score (nSPS) is 20.4. The van der Waals surface area contributed by atoms with Crippen molar-refractivity contribution in [2.24, 2.45) is 10.7 Å². The fraction of sp³-hybridized carbons (Fsp3) is 0.522. The van der Waals surface area contributed by atoms with Crippen molar-refractivity contribution in [2.75, 3.05) is 50.8 Å². The number of nitrogens with two attached hydrogens (primary N) is 1. The van der Waals surface area contributed by atoms with Gasteiger partial charge in [0.05, 0.1) is 19.6 Å². The highest BCUT2D eigenvalue weighted by atomic mass is 16.6. The summed E-state index contributed by atoms with van der Waals surface area (Å²) in [5.74, 6) is -1.86. The van der Waals surface area contributed by atoms with E-state index in [1.807, 2.05) is 0 Å². The van der Waals surface area contributed by atoms with Crippen LogP contribution in [0.25, 0.3) is 0 Å². The van der Waals surface area contributed by atoms with Gasteiger partial charge in [0.1, 0.15) is 18.0 Å². The fourth-order valence-corrected chi connectivity index (χ4v) is 4.17. The number of carboxylic acid groups (broad SMARTS) is 1. The first-order chi connectivity index (χ1) is 16.7. The Morgan fingerprint density at radius 1 is 1.20 bits per heavy atom. The minimum Gasteiger partial charge on any atom is -0.480 e. The monoisotopic (exact) mass is 489 g/mol. The number of aliphatic carboxylic acids is 1. The van der Waals surface area contributed by atoms with Gasteiger partial charge < -0.3 is 20.3 Å². The molecular weight excluding hydrogens is 458 g/mol. The van der Waals surface area contributed by atoms with Gasteiger partial charge in [0.15, 0.2) is 0 Å². The maximum absolute atomic E-state index is 12.4. The van der Waals surface area contributed by atoms with Gasteiger partial charge in [-0.05, 0) is 31.2 Å². The number of amidine groups is 1. The lowest BCUT2D eigenvalue weighted by atomic mass is 10.1. The van der Waals surface area contributed by atoms with Crippen LogP contribution in [0.3, 0.4) is 0 Å². The number of anilines is 1. The molecule has 2 atom stereocenters. The number of aliphatic imine (C=N–C) groups is 1. The molecule has 1 aromatic rings. The Labute approximate surface area is 203 Å². The number of piperazine rings is 1. The third kappa shape index (κ3) is 6.99. The van der Waals surface area contributed by atoms with Crippen LogP contribution in [0, 0.1) is 0 Å². The van der Waals surface area contributed by atoms with Crippen LogP contribution >= 0.6 is 0 Å². The summed E-state index contributed by atoms with van der Waals surface area (Å²) < 4.78 is 10.4. The molecule has 190 valence electrons. The first-order valence-corrected chi connectivity index (χ1v) is 11.5. The zero-order valence-corrected chi connectivity index (χ0v) is 19.9. The number of benzene rings is 1. The minimum absolute atomic E-state index is 0.109. The number of ether oxygens (including phenoxy) is 2. The Kier molecular flexibility index (Phi) is 8.77. The molecule has 12 heteroatoms. The van der Waals surface area contributed by atoms with Crippen molar-refractivity contribution < 1.29 is 33.8 Å². The predicted octanol–water partition coefficient (Wildman–Crippen LogP) is 0.288. The van der Waals surface area contributed by atoms with Crippen LogP contribution in [0.1, 0.15) is 25.8 Å². The fourth-order valence-electron chi connectivity index (χ4n) is 4.17. The molecule has 2 amide bonds. The molecule has 2 saturated heterocycles. The first kappa shape index (κ1) is 26.1. The minimum atomic E-state index is -1.05. The summed E-state index contributed by atoms with van der Waals surface area (Å²) in [7, 11) is 0. The Bertz CT molecular complexity index is 973. The second-order valence-electron chi connectivity index (χ2n) is 8.38. The third-order valence-corrected chi connectivity index (χ3v) is 5.89. The van der Waals surface area contributed by atoms with Crippen molar-refractivity contribution in [1.29, 1.82) is 0 Å². The molecule has 0 bridgehead atoms. The van der Waals surface area contributed by atoms with Crippen LogP contribution in [0.5, 0.6) is 0 Å². The Balaban J connectivity index is 1.52. The van der Waals surface area contributed by atoms with E-state index in [2.05, 4.69) is 9.89 Å². The lowest BCUT2D eigenvalue weighted by molar-refractivity contribution is -0.153. The standard InChI is InChI=1S/C23H31N5O7/c1-3-34-20(30)12-19(22(31)32)27-10-8-26(9-11-27)13-18-14-28(23(33)35-18)17-6-4-16(5-7-17)21(24)25-15(2)29/h4-7,18-19H,3,8-14H2,1-2H3,(H,31,32)(H2,24,25,29). The topological polar surface area (TPSA) is 155 Å². The van der Waals surface area contributed by atoms with Gasteiger partial charge in [-0.2, -0.15) is 4.99 Å². The number of hydrogen-bond acceptors (Lipinski definition) is 8. The summed E-state index contributed by atoms with van der Waals surface area (Å²) >= 11 is 0. The van der Waals surface area contributed by atoms with E-state index in [0.29, 0.717) is 50.5 Å². The van der Waals surface area contributed by atoms with E-state index in [0.717, 1.165) is 0 Å². The average molecular weight is 490 g/mol. The van der Waals surface area contributed by atoms with Crippen LogP contribution < -0.4 is 10.6 Å². The number of nitrogens with zero attached hydrogens (tertiary/aromatic N) is 4. The molecular formula is C23H31N5O7. The molecule has 3 rings (SSSR count). The van der Waals surface area contributed by atoms with Gasteiger partial charge in [0, 0.05) is 50.9 Å². The zero-order chi connectivity index (χ0) is 25.5. The van der Waals surface area contributed by atoms with Gasteiger partial charge in [-0.1, -0.05) is 0 Å². The van der Waals surface area contributed by atoms with Crippen molar-refractivity contribution in [3.8, 4) is 0 Å². The number of amides is 2. The molecule has 0 aliphatic carbocycles. The van der Waals surface area contributed by atoms with Crippen molar-refractivity contribution in [3.05, 3.63) is 29.8 Å². The molecule has 12 nitrogen and oxygen atoms in total. The number of carbonyl (C=O) groups is 4. The molecule has 0 aromatic heterocycles. The molecule has 2 aliphatic rings. The zero-order valence-electron chi connectivity index (χ0n) is 19.9. The number of esters is 1. The molecule has 1 aromatic carbocycles. The largest absolute Gasteiger partial charge is 0.480 e. The summed E-state index contributed by atoms with van der Waals surface area (Å²) in [5, 5.41) is 9.54. The number of rotatable bonds is 9. The Morgan fingerprint density at radius 2 is 1.86 bits per heavy atom. The molecule has 0 radical (unpaired) electrons. The van der Waals surface area contributed by atoms with Crippen LogP contribution in [-0.2, 0) is 23.9 Å². The molecule has 35 heavy (non-hydrogen) atoms. The second kappa shape index (κ2) is 11.8. The maximum Gasteiger partial charge on any atom is 0.414 e. The van der Waals surface area contributed by atoms with Gasteiger partial charge in [0.2, 0.25) is 5.91 Å². The smallest absolute Gasteiger partial charge is 0.414 e. The average Bonchev–Trinajstić information content (AvgIpc) is 3.17. The lowest BCUT2D eigenvalue weighted by Crippen LogP contribution is -2.54. The molecule has 0 spiro atoms. The SMILES string of the molecule is CCOC(=O)CC(C(=O)O)N1CCN(CC2CN(c3ccc(C(N)=NC(C)=O)cc3)C(=O)O2)CC1. The van der Waals surface area contributed by atoms with Crippen LogP contribution in [0.4, 0.5) is 10.5 Å². The molecule has 2 aliphatic heterocycles. The molecule has 3 N–H and O–H groups in total. The molecule has 2 unspecified atom stereocenters. The molecule has 0 saturated carbocycles. The Hall–Kier alpha value is -3.51.